The zero-order valence-corrected chi connectivity index (χ0v) is 37.3. The van der Waals surface area contributed by atoms with E-state index in [0.717, 1.165) is 76.8 Å². The number of carbonyl (C=O) groups excluding carboxylic acids is 3. The number of terminal acetylenes is 1. The number of phenols is 1. The predicted octanol–water partition coefficient (Wildman–Crippen LogP) is 6.74. The number of aromatic nitrogens is 3. The minimum Gasteiger partial charge on any atom is -0.508 e. The Morgan fingerprint density at radius 3 is 2.43 bits per heavy atom. The van der Waals surface area contributed by atoms with Crippen molar-refractivity contribution in [2.24, 2.45) is 17.3 Å². The average molecular weight is 909 g/mol. The molecule has 3 amide bonds. The van der Waals surface area contributed by atoms with Gasteiger partial charge in [0.05, 0.1) is 12.2 Å². The van der Waals surface area contributed by atoms with Crippen molar-refractivity contribution in [1.82, 2.24) is 35.8 Å². The first-order valence-corrected chi connectivity index (χ1v) is 23.9. The minimum absolute atomic E-state index is 0.0152. The predicted molar refractivity (Wildman–Crippen MR) is 248 cm³/mol. The molecule has 2 aliphatic carbocycles. The fraction of sp³-hybridized carbons (Fsp3) is 0.462. The number of hydrogen-bond donors (Lipinski definition) is 4. The van der Waals surface area contributed by atoms with Gasteiger partial charge < -0.3 is 30.3 Å². The Hall–Kier alpha value is -6.24. The number of hydrogen-bond acceptors (Lipinski definition) is 11. The van der Waals surface area contributed by atoms with Crippen molar-refractivity contribution in [1.29, 1.82) is 0 Å². The van der Waals surface area contributed by atoms with E-state index in [4.69, 9.17) is 16.1 Å². The summed E-state index contributed by atoms with van der Waals surface area (Å²) in [5.41, 5.74) is 1.56. The van der Waals surface area contributed by atoms with Crippen LogP contribution in [0.3, 0.4) is 0 Å². The molecule has 4 saturated heterocycles. The second-order valence-electron chi connectivity index (χ2n) is 20.1. The minimum atomic E-state index is -0.733. The Kier molecular flexibility index (Phi) is 11.3. The van der Waals surface area contributed by atoms with Crippen molar-refractivity contribution >= 4 is 45.1 Å². The molecule has 7 heterocycles. The van der Waals surface area contributed by atoms with E-state index in [9.17, 15) is 19.5 Å². The molecule has 13 nitrogen and oxygen atoms in total. The maximum Gasteiger partial charge on any atom is 0.270 e. The third-order valence-corrected chi connectivity index (χ3v) is 15.4. The monoisotopic (exact) mass is 908 g/mol. The number of fused-ring (bicyclic) bond motifs is 4. The van der Waals surface area contributed by atoms with Gasteiger partial charge in [-0.25, -0.2) is 8.78 Å². The molecule has 6 aliphatic rings. The summed E-state index contributed by atoms with van der Waals surface area (Å²) in [6, 6.07) is 10.9. The number of carbonyl (C=O) groups is 3. The third-order valence-electron chi connectivity index (χ3n) is 15.4. The molecule has 3 unspecified atom stereocenters. The molecule has 15 heteroatoms. The van der Waals surface area contributed by atoms with Crippen LogP contribution in [0.2, 0.25) is 0 Å². The molecule has 2 bridgehead atoms. The molecule has 2 aromatic carbocycles. The highest BCUT2D eigenvalue weighted by Gasteiger charge is 2.47. The van der Waals surface area contributed by atoms with E-state index in [2.05, 4.69) is 41.6 Å². The number of phenolic OH excluding ortho intramolecular Hbond substituents is 1. The Morgan fingerprint density at radius 2 is 1.72 bits per heavy atom. The smallest absolute Gasteiger partial charge is 0.270 e. The molecule has 4 N–H and O–H groups in total. The lowest BCUT2D eigenvalue weighted by Gasteiger charge is -2.43. The summed E-state index contributed by atoms with van der Waals surface area (Å²) in [4.78, 5) is 55.1. The fourth-order valence-corrected chi connectivity index (χ4v) is 11.6. The molecule has 5 aromatic rings. The molecule has 2 saturated carbocycles. The molecule has 0 spiro atoms. The van der Waals surface area contributed by atoms with Crippen LogP contribution in [0, 0.1) is 41.2 Å². The molecule has 3 atom stereocenters. The van der Waals surface area contributed by atoms with Crippen LogP contribution in [0.4, 0.5) is 14.6 Å². The highest BCUT2D eigenvalue weighted by atomic mass is 19.1. The first kappa shape index (κ1) is 43.3. The zero-order chi connectivity index (χ0) is 46.0. The number of benzene rings is 2. The van der Waals surface area contributed by atoms with E-state index >= 15 is 8.78 Å². The van der Waals surface area contributed by atoms with Gasteiger partial charge >= 0.3 is 0 Å². The van der Waals surface area contributed by atoms with Crippen molar-refractivity contribution < 1.29 is 33.0 Å². The van der Waals surface area contributed by atoms with Crippen LogP contribution < -0.4 is 25.6 Å². The van der Waals surface area contributed by atoms with Gasteiger partial charge in [0.1, 0.15) is 34.8 Å². The molecule has 11 rings (SSSR count). The maximum atomic E-state index is 17.1. The van der Waals surface area contributed by atoms with Gasteiger partial charge in [0.25, 0.3) is 5.91 Å². The second kappa shape index (κ2) is 17.4. The Balaban J connectivity index is 0.722. The van der Waals surface area contributed by atoms with Crippen LogP contribution >= 0.6 is 0 Å². The van der Waals surface area contributed by atoms with Crippen molar-refractivity contribution in [3.8, 4) is 35.2 Å². The summed E-state index contributed by atoms with van der Waals surface area (Å²) < 4.78 is 38.7. The van der Waals surface area contributed by atoms with Gasteiger partial charge in [-0.15, -0.1) is 6.42 Å². The van der Waals surface area contributed by atoms with E-state index in [1.54, 1.807) is 24.5 Å². The Morgan fingerprint density at radius 1 is 0.925 bits per heavy atom. The van der Waals surface area contributed by atoms with E-state index < -0.39 is 29.5 Å². The number of piperazine rings is 1. The van der Waals surface area contributed by atoms with Crippen LogP contribution in [-0.4, -0.2) is 100 Å². The van der Waals surface area contributed by atoms with Gasteiger partial charge in [0.15, 0.2) is 5.82 Å². The number of piperidine rings is 1. The van der Waals surface area contributed by atoms with E-state index in [1.165, 1.54) is 43.5 Å². The summed E-state index contributed by atoms with van der Waals surface area (Å²) >= 11 is 0. The Labute approximate surface area is 387 Å². The Bertz CT molecular complexity index is 2820. The lowest BCUT2D eigenvalue weighted by Crippen LogP contribution is -2.52. The SMILES string of the molecule is C#Cc1c(F)ccc2cc(O)cc(-c3ncc4c(N5CC6CCC(C5)N6)nc(OCC5(CN6CC(CC7CCC(c8ccc(C(=O)NC9CCC(=O)NC9=O)nc8)CC7)C6)CC5)cc4c3F)c12. The van der Waals surface area contributed by atoms with Crippen LogP contribution in [0.5, 0.6) is 11.6 Å². The van der Waals surface area contributed by atoms with Crippen LogP contribution in [0.1, 0.15) is 98.2 Å². The van der Waals surface area contributed by atoms with Gasteiger partial charge in [0, 0.05) is 96.8 Å². The first-order chi connectivity index (χ1) is 32.5. The van der Waals surface area contributed by atoms with E-state index in [1.807, 2.05) is 6.07 Å². The lowest BCUT2D eigenvalue weighted by molar-refractivity contribution is -0.134. The summed E-state index contributed by atoms with van der Waals surface area (Å²) in [6.45, 7) is 5.05. The first-order valence-electron chi connectivity index (χ1n) is 23.9. The van der Waals surface area contributed by atoms with Crippen LogP contribution in [0.25, 0.3) is 32.8 Å². The van der Waals surface area contributed by atoms with Crippen molar-refractivity contribution in [2.75, 3.05) is 44.2 Å². The fourth-order valence-electron chi connectivity index (χ4n) is 11.6. The van der Waals surface area contributed by atoms with Crippen LogP contribution in [-0.2, 0) is 9.59 Å². The van der Waals surface area contributed by atoms with Gasteiger partial charge in [-0.1, -0.05) is 18.1 Å². The number of rotatable bonds is 12. The summed E-state index contributed by atoms with van der Waals surface area (Å²) in [5.74, 6) is 2.61. The number of nitrogens with zero attached hydrogens (tertiary/aromatic N) is 5. The number of ether oxygens (including phenoxy) is 1. The molecule has 6 fully saturated rings. The number of halogens is 2. The number of amides is 3. The number of pyridine rings is 3. The van der Waals surface area contributed by atoms with Crippen molar-refractivity contribution in [3.63, 3.8) is 0 Å². The molecule has 346 valence electrons. The van der Waals surface area contributed by atoms with Gasteiger partial charge in [-0.3, -0.25) is 29.7 Å². The third kappa shape index (κ3) is 8.66. The van der Waals surface area contributed by atoms with Gasteiger partial charge in [-0.05, 0) is 117 Å². The van der Waals surface area contributed by atoms with E-state index in [-0.39, 0.29) is 57.8 Å². The molecule has 3 aromatic heterocycles. The number of aromatic hydroxyl groups is 1. The van der Waals surface area contributed by atoms with Gasteiger partial charge in [-0.2, -0.15) is 4.98 Å². The number of imide groups is 1. The molecule has 67 heavy (non-hydrogen) atoms. The quantitative estimate of drug-likeness (QED) is 0.0776. The summed E-state index contributed by atoms with van der Waals surface area (Å²) in [6.07, 6.45) is 19.7. The molecule has 4 aliphatic heterocycles. The van der Waals surface area contributed by atoms with Gasteiger partial charge in [0.2, 0.25) is 17.7 Å². The second-order valence-corrected chi connectivity index (χ2v) is 20.1. The summed E-state index contributed by atoms with van der Waals surface area (Å²) in [7, 11) is 0. The number of anilines is 1. The van der Waals surface area contributed by atoms with E-state index in [0.29, 0.717) is 64.3 Å². The van der Waals surface area contributed by atoms with Crippen LogP contribution in [0.15, 0.2) is 54.9 Å². The lowest BCUT2D eigenvalue weighted by atomic mass is 9.75. The largest absolute Gasteiger partial charge is 0.508 e. The molecular weight excluding hydrogens is 855 g/mol. The summed E-state index contributed by atoms with van der Waals surface area (Å²) in [5, 5.41) is 21.0. The van der Waals surface area contributed by atoms with Crippen molar-refractivity contribution in [3.05, 3.63) is 83.3 Å². The highest BCUT2D eigenvalue weighted by molar-refractivity contribution is 6.04. The standard InChI is InChI=1S/C52H54F2N8O5/c1-2-37-41(53)11-7-32-18-36(63)19-39(46(32)37)48-47(54)38-20-45(60-49(40(38)22-56-48)62-25-34-9-10-35(26-62)57-34)67-28-52(15-16-52)27-61-23-30(24-61)17-29-3-5-31(6-4-29)33-8-12-42(55-21-33)50(65)58-43-13-14-44(64)59-51(43)66/h1,7-8,11-12,18-22,29-31,34-35,43,57,63H,3-6,9-10,13-17,23-28H2,(H,58,65)(H,59,64,66). The highest BCUT2D eigenvalue weighted by Crippen LogP contribution is 2.49. The topological polar surface area (TPSA) is 162 Å². The zero-order valence-electron chi connectivity index (χ0n) is 37.3. The number of likely N-dealkylation sites (tertiary alicyclic amines) is 1. The maximum absolute atomic E-state index is 17.1. The van der Waals surface area contributed by atoms with Crippen molar-refractivity contribution in [2.45, 2.75) is 94.7 Å². The molecular formula is C52H54F2N8O5. The number of nitrogens with one attached hydrogen (secondary N) is 3. The average Bonchev–Trinajstić information content (AvgIpc) is 4.01. The normalized spacial score (nSPS) is 24.9. The molecule has 0 radical (unpaired) electrons.